The van der Waals surface area contributed by atoms with Crippen LogP contribution in [0.25, 0.3) is 0 Å². The molecule has 0 spiro atoms. The Hall–Kier alpha value is 0.0600. The Morgan fingerprint density at radius 3 is 2.89 bits per heavy atom. The van der Waals surface area contributed by atoms with E-state index in [1.165, 1.54) is 24.1 Å². The van der Waals surface area contributed by atoms with E-state index < -0.39 is 0 Å². The number of halogens is 1. The summed E-state index contributed by atoms with van der Waals surface area (Å²) < 4.78 is 1.14. The first kappa shape index (κ1) is 14.5. The molecular formula is C13H21BrN2OS. The molecule has 2 rings (SSSR count). The van der Waals surface area contributed by atoms with Crippen LogP contribution in [-0.4, -0.2) is 35.7 Å². The van der Waals surface area contributed by atoms with E-state index in [0.717, 1.165) is 16.8 Å². The molecule has 1 saturated heterocycles. The van der Waals surface area contributed by atoms with Crippen LogP contribution in [0.4, 0.5) is 0 Å². The highest BCUT2D eigenvalue weighted by Crippen LogP contribution is 2.33. The third-order valence-electron chi connectivity index (χ3n) is 3.68. The standard InChI is InChI=1S/C13H21BrN2OS/c14-13-6-5-12(18-13)11(8-15)16-7-3-1-2-4-10(16)9-17/h5-6,10-11,17H,1-4,7-9,15H2. The lowest BCUT2D eigenvalue weighted by Gasteiger charge is -2.35. The van der Waals surface area contributed by atoms with Gasteiger partial charge in [-0.3, -0.25) is 4.90 Å². The third kappa shape index (κ3) is 3.33. The largest absolute Gasteiger partial charge is 0.395 e. The molecule has 1 aromatic rings. The van der Waals surface area contributed by atoms with Crippen LogP contribution in [0.5, 0.6) is 0 Å². The highest BCUT2D eigenvalue weighted by atomic mass is 79.9. The molecule has 1 aliphatic rings. The molecule has 2 atom stereocenters. The summed E-state index contributed by atoms with van der Waals surface area (Å²) >= 11 is 5.26. The number of hydrogen-bond donors (Lipinski definition) is 2. The summed E-state index contributed by atoms with van der Waals surface area (Å²) in [4.78, 5) is 3.70. The van der Waals surface area contributed by atoms with E-state index in [1.807, 2.05) is 0 Å². The summed E-state index contributed by atoms with van der Waals surface area (Å²) in [7, 11) is 0. The van der Waals surface area contributed by atoms with Gasteiger partial charge < -0.3 is 10.8 Å². The van der Waals surface area contributed by atoms with Crippen LogP contribution in [-0.2, 0) is 0 Å². The highest BCUT2D eigenvalue weighted by molar-refractivity contribution is 9.11. The number of likely N-dealkylation sites (tertiary alicyclic amines) is 1. The summed E-state index contributed by atoms with van der Waals surface area (Å²) in [6, 6.07) is 4.73. The number of aliphatic hydroxyl groups is 1. The Bertz CT molecular complexity index is 372. The number of aliphatic hydroxyl groups excluding tert-OH is 1. The summed E-state index contributed by atoms with van der Waals surface area (Å²) in [6.07, 6.45) is 4.77. The molecule has 1 aromatic heterocycles. The molecule has 1 aliphatic heterocycles. The fraction of sp³-hybridized carbons (Fsp3) is 0.692. The van der Waals surface area contributed by atoms with E-state index >= 15 is 0 Å². The molecule has 0 saturated carbocycles. The molecule has 1 fully saturated rings. The van der Waals surface area contributed by atoms with Crippen LogP contribution in [0.2, 0.25) is 0 Å². The minimum absolute atomic E-state index is 0.239. The number of nitrogens with zero attached hydrogens (tertiary/aromatic N) is 1. The molecule has 2 unspecified atom stereocenters. The Balaban J connectivity index is 2.18. The van der Waals surface area contributed by atoms with Crippen molar-refractivity contribution in [1.82, 2.24) is 4.90 Å². The van der Waals surface area contributed by atoms with Gasteiger partial charge in [0.15, 0.2) is 0 Å². The van der Waals surface area contributed by atoms with Crippen molar-refractivity contribution in [3.8, 4) is 0 Å². The number of nitrogens with two attached hydrogens (primary N) is 1. The van der Waals surface area contributed by atoms with Crippen molar-refractivity contribution in [1.29, 1.82) is 0 Å². The normalized spacial score (nSPS) is 23.8. The van der Waals surface area contributed by atoms with Crippen LogP contribution in [0.15, 0.2) is 15.9 Å². The first-order valence-electron chi connectivity index (χ1n) is 6.58. The zero-order valence-corrected chi connectivity index (χ0v) is 12.9. The fourth-order valence-electron chi connectivity index (χ4n) is 2.73. The average Bonchev–Trinajstić information content (AvgIpc) is 2.66. The van der Waals surface area contributed by atoms with Crippen molar-refractivity contribution in [2.24, 2.45) is 5.73 Å². The topological polar surface area (TPSA) is 49.5 Å². The van der Waals surface area contributed by atoms with Crippen LogP contribution < -0.4 is 5.73 Å². The van der Waals surface area contributed by atoms with Gasteiger partial charge in [0.2, 0.25) is 0 Å². The van der Waals surface area contributed by atoms with Crippen LogP contribution in [0.1, 0.15) is 36.6 Å². The lowest BCUT2D eigenvalue weighted by molar-refractivity contribution is 0.0884. The predicted octanol–water partition coefficient (Wildman–Crippen LogP) is 2.75. The Morgan fingerprint density at radius 1 is 1.44 bits per heavy atom. The van der Waals surface area contributed by atoms with Gasteiger partial charge in [-0.25, -0.2) is 0 Å². The van der Waals surface area contributed by atoms with Gasteiger partial charge in [0.05, 0.1) is 16.4 Å². The molecule has 2 heterocycles. The highest BCUT2D eigenvalue weighted by Gasteiger charge is 2.28. The lowest BCUT2D eigenvalue weighted by Crippen LogP contribution is -2.42. The average molecular weight is 333 g/mol. The maximum Gasteiger partial charge on any atom is 0.0702 e. The quantitative estimate of drug-likeness (QED) is 0.891. The van der Waals surface area contributed by atoms with Gasteiger partial charge in [0.1, 0.15) is 0 Å². The van der Waals surface area contributed by atoms with E-state index in [2.05, 4.69) is 33.0 Å². The maximum absolute atomic E-state index is 9.59. The number of hydrogen-bond acceptors (Lipinski definition) is 4. The monoisotopic (exact) mass is 332 g/mol. The van der Waals surface area contributed by atoms with E-state index in [9.17, 15) is 5.11 Å². The van der Waals surface area contributed by atoms with Crippen molar-refractivity contribution in [3.05, 3.63) is 20.8 Å². The summed E-state index contributed by atoms with van der Waals surface area (Å²) in [5.41, 5.74) is 5.98. The second-order valence-corrected chi connectivity index (χ2v) is 7.31. The minimum atomic E-state index is 0.239. The molecule has 5 heteroatoms. The molecule has 0 radical (unpaired) electrons. The Kier molecular flexibility index (Phi) is 5.63. The SMILES string of the molecule is NCC(c1ccc(Br)s1)N1CCCCCC1CO. The van der Waals surface area contributed by atoms with Crippen LogP contribution >= 0.6 is 27.3 Å². The van der Waals surface area contributed by atoms with Gasteiger partial charge in [-0.05, 0) is 47.4 Å². The summed E-state index contributed by atoms with van der Waals surface area (Å²) in [6.45, 7) is 1.90. The van der Waals surface area contributed by atoms with Gasteiger partial charge >= 0.3 is 0 Å². The van der Waals surface area contributed by atoms with Crippen LogP contribution in [0.3, 0.4) is 0 Å². The van der Waals surface area contributed by atoms with Crippen LogP contribution in [0, 0.1) is 0 Å². The predicted molar refractivity (Wildman–Crippen MR) is 79.9 cm³/mol. The van der Waals surface area contributed by atoms with Crippen molar-refractivity contribution in [2.45, 2.75) is 37.8 Å². The first-order valence-corrected chi connectivity index (χ1v) is 8.19. The Labute approximate surface area is 121 Å². The fourth-order valence-corrected chi connectivity index (χ4v) is 4.29. The summed E-state index contributed by atoms with van der Waals surface area (Å²) in [5.74, 6) is 0. The van der Waals surface area contributed by atoms with Crippen molar-refractivity contribution >= 4 is 27.3 Å². The zero-order valence-electron chi connectivity index (χ0n) is 10.5. The number of rotatable bonds is 4. The summed E-state index contributed by atoms with van der Waals surface area (Å²) in [5, 5.41) is 9.59. The second kappa shape index (κ2) is 7.01. The van der Waals surface area contributed by atoms with E-state index in [1.54, 1.807) is 11.3 Å². The van der Waals surface area contributed by atoms with Gasteiger partial charge in [0, 0.05) is 17.5 Å². The zero-order chi connectivity index (χ0) is 13.0. The maximum atomic E-state index is 9.59. The van der Waals surface area contributed by atoms with Crippen molar-refractivity contribution in [2.75, 3.05) is 19.7 Å². The molecule has 0 aromatic carbocycles. The van der Waals surface area contributed by atoms with E-state index in [4.69, 9.17) is 5.73 Å². The molecule has 18 heavy (non-hydrogen) atoms. The lowest BCUT2D eigenvalue weighted by atomic mass is 10.1. The van der Waals surface area contributed by atoms with Gasteiger partial charge in [-0.1, -0.05) is 12.8 Å². The molecular weight excluding hydrogens is 312 g/mol. The Morgan fingerprint density at radius 2 is 2.28 bits per heavy atom. The number of thiophene rings is 1. The van der Waals surface area contributed by atoms with Gasteiger partial charge in [0.25, 0.3) is 0 Å². The smallest absolute Gasteiger partial charge is 0.0702 e. The molecule has 0 amide bonds. The first-order chi connectivity index (χ1) is 8.76. The van der Waals surface area contributed by atoms with E-state index in [0.29, 0.717) is 6.54 Å². The van der Waals surface area contributed by atoms with E-state index in [-0.39, 0.29) is 18.7 Å². The van der Waals surface area contributed by atoms with Crippen molar-refractivity contribution < 1.29 is 5.11 Å². The molecule has 102 valence electrons. The van der Waals surface area contributed by atoms with Crippen molar-refractivity contribution in [3.63, 3.8) is 0 Å². The molecule has 3 N–H and O–H groups in total. The second-order valence-electron chi connectivity index (χ2n) is 4.82. The molecule has 3 nitrogen and oxygen atoms in total. The molecule has 0 bridgehead atoms. The van der Waals surface area contributed by atoms with Gasteiger partial charge in [-0.15, -0.1) is 11.3 Å². The molecule has 0 aliphatic carbocycles. The minimum Gasteiger partial charge on any atom is -0.395 e. The third-order valence-corrected chi connectivity index (χ3v) is 5.40. The van der Waals surface area contributed by atoms with Gasteiger partial charge in [-0.2, -0.15) is 0 Å².